The second kappa shape index (κ2) is 10.3. The Morgan fingerprint density at radius 1 is 1.18 bits per heavy atom. The third-order valence-corrected chi connectivity index (χ3v) is 4.30. The normalized spacial score (nSPS) is 20.8. The summed E-state index contributed by atoms with van der Waals surface area (Å²) in [7, 11) is -3.12. The van der Waals surface area contributed by atoms with Crippen molar-refractivity contribution in [2.75, 3.05) is 26.7 Å². The number of rotatable bonds is 11. The van der Waals surface area contributed by atoms with E-state index in [1.807, 2.05) is 0 Å². The highest BCUT2D eigenvalue weighted by Crippen LogP contribution is 2.26. The molecule has 0 aliphatic heterocycles. The fourth-order valence-corrected chi connectivity index (χ4v) is 2.89. The number of nitrogens with one attached hydrogen (secondary N) is 1. The first-order valence-corrected chi connectivity index (χ1v) is 9.47. The van der Waals surface area contributed by atoms with E-state index >= 15 is 0 Å². The molecule has 0 bridgehead atoms. The van der Waals surface area contributed by atoms with Gasteiger partial charge in [0.1, 0.15) is 17.2 Å². The van der Waals surface area contributed by atoms with Crippen molar-refractivity contribution in [3.8, 4) is 17.2 Å². The molecule has 0 saturated carbocycles. The monoisotopic (exact) mass is 419 g/mol. The van der Waals surface area contributed by atoms with Gasteiger partial charge >= 0.3 is 0 Å². The van der Waals surface area contributed by atoms with Crippen LogP contribution < -0.4 is 24.7 Å². The molecule has 0 radical (unpaired) electrons. The molecule has 28 heavy (non-hydrogen) atoms. The molecule has 8 heteroatoms. The Hall–Kier alpha value is -2.29. The van der Waals surface area contributed by atoms with E-state index in [4.69, 9.17) is 34.4 Å². The summed E-state index contributed by atoms with van der Waals surface area (Å²) < 4.78 is 126. The molecule has 1 atom stereocenters. The molecule has 0 aromatic heterocycles. The molecule has 0 aliphatic carbocycles. The standard InChI is InChI=1S/C20H28N2O5S/c1-4-26-17-7-5-6-8-18(17)27-12-11-22-15(2)13-16-9-10-19(25-3)20(14-16)28(21,23)24/h5-10,14-15,22H,4,11-13H2,1-3H3,(H2,21,23,24)/t15-/m1/s1/i1D3,4D2,11D2,12D2,13D2. The lowest BCUT2D eigenvalue weighted by molar-refractivity contribution is 0.272. The Balaban J connectivity index is 2.35. The van der Waals surface area contributed by atoms with Crippen molar-refractivity contribution in [1.82, 2.24) is 5.32 Å². The van der Waals surface area contributed by atoms with Gasteiger partial charge < -0.3 is 19.5 Å². The molecule has 0 unspecified atom stereocenters. The minimum atomic E-state index is -4.31. The zero-order chi connectivity index (χ0) is 30.2. The highest BCUT2D eigenvalue weighted by molar-refractivity contribution is 7.89. The van der Waals surface area contributed by atoms with E-state index in [1.165, 1.54) is 38.3 Å². The summed E-state index contributed by atoms with van der Waals surface area (Å²) in [6.45, 7) is -11.6. The lowest BCUT2D eigenvalue weighted by Crippen LogP contribution is -2.32. The Morgan fingerprint density at radius 3 is 2.54 bits per heavy atom. The third kappa shape index (κ3) is 6.40. The molecule has 0 aliphatic rings. The molecule has 0 fully saturated rings. The highest BCUT2D eigenvalue weighted by Gasteiger charge is 2.16. The quantitative estimate of drug-likeness (QED) is 0.580. The van der Waals surface area contributed by atoms with Crippen molar-refractivity contribution in [2.24, 2.45) is 5.14 Å². The average Bonchev–Trinajstić information content (AvgIpc) is 2.77. The Morgan fingerprint density at radius 2 is 1.89 bits per heavy atom. The van der Waals surface area contributed by atoms with Gasteiger partial charge in [-0.3, -0.25) is 0 Å². The number of sulfonamides is 1. The summed E-state index contributed by atoms with van der Waals surface area (Å²) in [4.78, 5) is -0.506. The number of para-hydroxylation sites is 2. The topological polar surface area (TPSA) is 99.9 Å². The molecular formula is C20H28N2O5S. The molecule has 7 nitrogen and oxygen atoms in total. The predicted octanol–water partition coefficient (Wildman–Crippen LogP) is 2.34. The molecule has 0 saturated heterocycles. The lowest BCUT2D eigenvalue weighted by Gasteiger charge is -2.16. The summed E-state index contributed by atoms with van der Waals surface area (Å²) in [5.41, 5.74) is -0.227. The fraction of sp³-hybridized carbons (Fsp3) is 0.400. The van der Waals surface area contributed by atoms with Crippen LogP contribution in [0.3, 0.4) is 0 Å². The fourth-order valence-electron chi connectivity index (χ4n) is 2.17. The van der Waals surface area contributed by atoms with Crippen LogP contribution in [0, 0.1) is 0 Å². The van der Waals surface area contributed by atoms with Gasteiger partial charge in [-0.1, -0.05) is 18.2 Å². The maximum absolute atomic E-state index is 11.9. The van der Waals surface area contributed by atoms with E-state index in [0.29, 0.717) is 0 Å². The van der Waals surface area contributed by atoms with Crippen molar-refractivity contribution in [1.29, 1.82) is 0 Å². The third-order valence-electron chi connectivity index (χ3n) is 3.36. The molecule has 2 aromatic rings. The van der Waals surface area contributed by atoms with Crippen molar-refractivity contribution in [3.05, 3.63) is 48.0 Å². The van der Waals surface area contributed by atoms with Gasteiger partial charge in [0, 0.05) is 22.1 Å². The van der Waals surface area contributed by atoms with Gasteiger partial charge in [0.15, 0.2) is 11.5 Å². The van der Waals surface area contributed by atoms with Gasteiger partial charge in [-0.05, 0) is 50.0 Å². The van der Waals surface area contributed by atoms with Gasteiger partial charge in [-0.15, -0.1) is 0 Å². The molecule has 0 amide bonds. The summed E-state index contributed by atoms with van der Waals surface area (Å²) in [5.74, 6) is -1.18. The van der Waals surface area contributed by atoms with Gasteiger partial charge in [-0.2, -0.15) is 0 Å². The van der Waals surface area contributed by atoms with Gasteiger partial charge in [0.2, 0.25) is 10.0 Å². The van der Waals surface area contributed by atoms with Crippen LogP contribution in [0.5, 0.6) is 17.2 Å². The molecule has 0 heterocycles. The molecule has 2 rings (SSSR count). The van der Waals surface area contributed by atoms with Crippen LogP contribution >= 0.6 is 0 Å². The Kier molecular flexibility index (Phi) is 4.06. The van der Waals surface area contributed by atoms with E-state index in [-0.39, 0.29) is 11.3 Å². The molecular weight excluding hydrogens is 380 g/mol. The van der Waals surface area contributed by atoms with E-state index < -0.39 is 65.3 Å². The first kappa shape index (κ1) is 11.0. The zero-order valence-electron chi connectivity index (χ0n) is 26.1. The van der Waals surface area contributed by atoms with Crippen molar-refractivity contribution >= 4 is 10.0 Å². The summed E-state index contributed by atoms with van der Waals surface area (Å²) >= 11 is 0. The largest absolute Gasteiger partial charge is 0.495 e. The van der Waals surface area contributed by atoms with Crippen LogP contribution in [-0.4, -0.2) is 41.2 Å². The summed E-state index contributed by atoms with van der Waals surface area (Å²) in [6.07, 6.45) is -2.48. The number of benzene rings is 2. The van der Waals surface area contributed by atoms with E-state index in [2.05, 4.69) is 5.32 Å². The molecule has 3 N–H and O–H groups in total. The SMILES string of the molecule is [2H]C([2H])(c1ccc(OC)c(S(N)(=O)=O)c1)[C@@H](C)NC([2H])([2H])C([2H])([2H])Oc1ccccc1OC([2H])([2H])C([2H])([2H])[2H]. The van der Waals surface area contributed by atoms with Crippen molar-refractivity contribution in [2.45, 2.75) is 31.1 Å². The summed E-state index contributed by atoms with van der Waals surface area (Å²) in [5, 5.41) is 7.37. The smallest absolute Gasteiger partial charge is 0.241 e. The number of nitrogens with two attached hydrogens (primary N) is 1. The van der Waals surface area contributed by atoms with Crippen LogP contribution in [-0.2, 0) is 16.4 Å². The number of primary sulfonamides is 1. The lowest BCUT2D eigenvalue weighted by atomic mass is 10.1. The molecule has 0 spiro atoms. The van der Waals surface area contributed by atoms with Crippen molar-refractivity contribution < 1.29 is 37.7 Å². The van der Waals surface area contributed by atoms with Crippen LogP contribution in [0.2, 0.25) is 0 Å². The van der Waals surface area contributed by atoms with Gasteiger partial charge in [-0.25, -0.2) is 13.6 Å². The second-order valence-corrected chi connectivity index (χ2v) is 6.93. The average molecular weight is 420 g/mol. The first-order valence-electron chi connectivity index (χ1n) is 13.4. The Labute approximate surface area is 182 Å². The Bertz CT molecular complexity index is 1290. The van der Waals surface area contributed by atoms with E-state index in [1.54, 1.807) is 0 Å². The van der Waals surface area contributed by atoms with E-state index in [9.17, 15) is 8.42 Å². The van der Waals surface area contributed by atoms with Gasteiger partial charge in [0.25, 0.3) is 0 Å². The first-order chi connectivity index (χ1) is 17.5. The van der Waals surface area contributed by atoms with Crippen LogP contribution in [0.25, 0.3) is 0 Å². The number of hydrogen-bond acceptors (Lipinski definition) is 6. The minimum Gasteiger partial charge on any atom is -0.495 e. The predicted molar refractivity (Wildman–Crippen MR) is 109 cm³/mol. The zero-order valence-corrected chi connectivity index (χ0v) is 16.0. The number of methoxy groups -OCH3 is 1. The molecule has 2 aromatic carbocycles. The number of hydrogen-bond donors (Lipinski definition) is 2. The van der Waals surface area contributed by atoms with E-state index in [0.717, 1.165) is 18.2 Å². The second-order valence-electron chi connectivity index (χ2n) is 5.40. The maximum Gasteiger partial charge on any atom is 0.241 e. The van der Waals surface area contributed by atoms with Crippen LogP contribution in [0.15, 0.2) is 47.4 Å². The summed E-state index contributed by atoms with van der Waals surface area (Å²) in [6, 6.07) is 6.69. The van der Waals surface area contributed by atoms with Crippen LogP contribution in [0.4, 0.5) is 0 Å². The molecule has 154 valence electrons. The van der Waals surface area contributed by atoms with Crippen LogP contribution in [0.1, 0.15) is 34.4 Å². The van der Waals surface area contributed by atoms with Gasteiger partial charge in [0.05, 0.1) is 19.2 Å². The highest BCUT2D eigenvalue weighted by atomic mass is 32.2. The number of ether oxygens (including phenoxy) is 3. The minimum absolute atomic E-state index is 0.138. The van der Waals surface area contributed by atoms with Crippen molar-refractivity contribution in [3.63, 3.8) is 0 Å². The maximum atomic E-state index is 11.9.